The zero-order valence-corrected chi connectivity index (χ0v) is 10.1. The molecule has 0 aliphatic carbocycles. The lowest BCUT2D eigenvalue weighted by Gasteiger charge is -2.28. The summed E-state index contributed by atoms with van der Waals surface area (Å²) in [5, 5.41) is 9.99. The van der Waals surface area contributed by atoms with Gasteiger partial charge in [-0.3, -0.25) is 5.41 Å². The molecule has 78 valence electrons. The molecule has 0 fully saturated rings. The van der Waals surface area contributed by atoms with Gasteiger partial charge in [0.15, 0.2) is 0 Å². The molecule has 0 aromatic carbocycles. The van der Waals surface area contributed by atoms with E-state index in [2.05, 4.69) is 38.3 Å². The molecule has 0 aliphatic heterocycles. The van der Waals surface area contributed by atoms with Gasteiger partial charge in [0, 0.05) is 17.8 Å². The Balaban J connectivity index is 2.70. The summed E-state index contributed by atoms with van der Waals surface area (Å²) in [5.41, 5.74) is 0. The topological polar surface area (TPSA) is 27.1 Å². The second-order valence-corrected chi connectivity index (χ2v) is 4.82. The molecule has 0 spiro atoms. The highest BCUT2D eigenvalue weighted by Crippen LogP contribution is 2.24. The molecular weight excluding hydrogens is 192 g/mol. The summed E-state index contributed by atoms with van der Waals surface area (Å²) >= 11 is 1.75. The van der Waals surface area contributed by atoms with Crippen molar-refractivity contribution in [1.29, 1.82) is 5.41 Å². The predicted molar refractivity (Wildman–Crippen MR) is 63.1 cm³/mol. The first-order valence-corrected chi connectivity index (χ1v) is 5.76. The van der Waals surface area contributed by atoms with E-state index in [4.69, 9.17) is 5.41 Å². The van der Waals surface area contributed by atoms with Gasteiger partial charge in [-0.05, 0) is 18.4 Å². The number of amidine groups is 1. The zero-order chi connectivity index (χ0) is 10.7. The summed E-state index contributed by atoms with van der Waals surface area (Å²) in [6, 6.07) is 4.49. The van der Waals surface area contributed by atoms with Gasteiger partial charge in [0.25, 0.3) is 0 Å². The third-order valence-electron chi connectivity index (χ3n) is 2.46. The number of rotatable bonds is 3. The van der Waals surface area contributed by atoms with Gasteiger partial charge >= 0.3 is 0 Å². The Morgan fingerprint density at radius 1 is 1.43 bits per heavy atom. The van der Waals surface area contributed by atoms with E-state index in [1.807, 2.05) is 11.9 Å². The van der Waals surface area contributed by atoms with Crippen LogP contribution in [0.5, 0.6) is 0 Å². The van der Waals surface area contributed by atoms with Crippen molar-refractivity contribution in [2.24, 2.45) is 5.92 Å². The molecule has 3 heteroatoms. The van der Waals surface area contributed by atoms with Gasteiger partial charge < -0.3 is 4.90 Å². The van der Waals surface area contributed by atoms with E-state index in [-0.39, 0.29) is 0 Å². The first kappa shape index (κ1) is 11.2. The minimum atomic E-state index is 0.294. The third kappa shape index (κ3) is 2.35. The highest BCUT2D eigenvalue weighted by molar-refractivity contribution is 7.10. The van der Waals surface area contributed by atoms with Crippen LogP contribution in [0, 0.1) is 11.3 Å². The summed E-state index contributed by atoms with van der Waals surface area (Å²) in [4.78, 5) is 3.36. The van der Waals surface area contributed by atoms with Crippen LogP contribution in [0.1, 0.15) is 31.7 Å². The molecule has 0 radical (unpaired) electrons. The molecule has 1 N–H and O–H groups in total. The number of hydrogen-bond acceptors (Lipinski definition) is 2. The average molecular weight is 210 g/mol. The van der Waals surface area contributed by atoms with E-state index in [0.717, 1.165) is 0 Å². The molecule has 1 rings (SSSR count). The van der Waals surface area contributed by atoms with Gasteiger partial charge in [0.1, 0.15) is 0 Å². The standard InChI is InChI=1S/C11H18N2S/c1-8(2)11(12)13(4)9(3)10-6-5-7-14-10/h5-9,12H,1-4H3. The van der Waals surface area contributed by atoms with Gasteiger partial charge in [-0.1, -0.05) is 19.9 Å². The van der Waals surface area contributed by atoms with E-state index in [1.165, 1.54) is 4.88 Å². The second-order valence-electron chi connectivity index (χ2n) is 3.84. The summed E-state index contributed by atoms with van der Waals surface area (Å²) in [6.45, 7) is 6.25. The van der Waals surface area contributed by atoms with Crippen LogP contribution in [0.2, 0.25) is 0 Å². The van der Waals surface area contributed by atoms with E-state index < -0.39 is 0 Å². The Morgan fingerprint density at radius 2 is 2.07 bits per heavy atom. The van der Waals surface area contributed by atoms with E-state index in [9.17, 15) is 0 Å². The first-order valence-electron chi connectivity index (χ1n) is 4.88. The quantitative estimate of drug-likeness (QED) is 0.601. The molecule has 1 aromatic heterocycles. The number of thiophene rings is 1. The minimum absolute atomic E-state index is 0.294. The van der Waals surface area contributed by atoms with E-state index in [0.29, 0.717) is 17.8 Å². The molecule has 0 aliphatic rings. The Bertz CT molecular complexity index is 290. The fourth-order valence-corrected chi connectivity index (χ4v) is 2.16. The molecule has 2 nitrogen and oxygen atoms in total. The van der Waals surface area contributed by atoms with Crippen LogP contribution in [0.15, 0.2) is 17.5 Å². The fraction of sp³-hybridized carbons (Fsp3) is 0.545. The van der Waals surface area contributed by atoms with Crippen molar-refractivity contribution in [1.82, 2.24) is 4.90 Å². The Morgan fingerprint density at radius 3 is 2.50 bits per heavy atom. The Labute approximate surface area is 90.1 Å². The maximum absolute atomic E-state index is 7.91. The van der Waals surface area contributed by atoms with Crippen LogP contribution >= 0.6 is 11.3 Å². The number of nitrogens with zero attached hydrogens (tertiary/aromatic N) is 1. The second kappa shape index (κ2) is 4.60. The van der Waals surface area contributed by atoms with Crippen LogP contribution in [0.4, 0.5) is 0 Å². The maximum atomic E-state index is 7.91. The molecule has 1 aromatic rings. The van der Waals surface area contributed by atoms with Crippen molar-refractivity contribution < 1.29 is 0 Å². The molecule has 1 atom stereocenters. The number of hydrogen-bond donors (Lipinski definition) is 1. The van der Waals surface area contributed by atoms with Crippen LogP contribution in [-0.4, -0.2) is 17.8 Å². The van der Waals surface area contributed by atoms with Crippen LogP contribution in [0.3, 0.4) is 0 Å². The molecular formula is C11H18N2S. The molecule has 0 amide bonds. The smallest absolute Gasteiger partial charge is 0.0986 e. The maximum Gasteiger partial charge on any atom is 0.0986 e. The van der Waals surface area contributed by atoms with Crippen molar-refractivity contribution in [2.75, 3.05) is 7.05 Å². The lowest BCUT2D eigenvalue weighted by molar-refractivity contribution is 0.386. The van der Waals surface area contributed by atoms with Crippen molar-refractivity contribution >= 4 is 17.2 Å². The highest BCUT2D eigenvalue weighted by Gasteiger charge is 2.16. The van der Waals surface area contributed by atoms with Crippen LogP contribution in [0.25, 0.3) is 0 Å². The fourth-order valence-electron chi connectivity index (χ4n) is 1.34. The normalized spacial score (nSPS) is 12.9. The lowest BCUT2D eigenvalue weighted by Crippen LogP contribution is -2.31. The molecule has 1 unspecified atom stereocenters. The summed E-state index contributed by atoms with van der Waals surface area (Å²) in [5.74, 6) is 0.994. The summed E-state index contributed by atoms with van der Waals surface area (Å²) < 4.78 is 0. The number of nitrogens with one attached hydrogen (secondary N) is 1. The predicted octanol–water partition coefficient (Wildman–Crippen LogP) is 3.37. The molecule has 1 heterocycles. The van der Waals surface area contributed by atoms with Crippen molar-refractivity contribution in [2.45, 2.75) is 26.8 Å². The monoisotopic (exact) mass is 210 g/mol. The highest BCUT2D eigenvalue weighted by atomic mass is 32.1. The average Bonchev–Trinajstić information content (AvgIpc) is 2.67. The molecule has 14 heavy (non-hydrogen) atoms. The zero-order valence-electron chi connectivity index (χ0n) is 9.24. The Kier molecular flexibility index (Phi) is 3.69. The van der Waals surface area contributed by atoms with E-state index >= 15 is 0 Å². The van der Waals surface area contributed by atoms with Crippen LogP contribution < -0.4 is 0 Å². The minimum Gasteiger partial charge on any atom is -0.356 e. The molecule has 0 saturated carbocycles. The van der Waals surface area contributed by atoms with Crippen LogP contribution in [-0.2, 0) is 0 Å². The lowest BCUT2D eigenvalue weighted by atomic mass is 10.1. The van der Waals surface area contributed by atoms with Gasteiger partial charge in [-0.25, -0.2) is 0 Å². The van der Waals surface area contributed by atoms with Crippen molar-refractivity contribution in [3.05, 3.63) is 22.4 Å². The third-order valence-corrected chi connectivity index (χ3v) is 3.51. The van der Waals surface area contributed by atoms with Gasteiger partial charge in [-0.15, -0.1) is 11.3 Å². The van der Waals surface area contributed by atoms with Crippen molar-refractivity contribution in [3.8, 4) is 0 Å². The Hall–Kier alpha value is -0.830. The summed E-state index contributed by atoms with van der Waals surface area (Å²) in [6.07, 6.45) is 0. The first-order chi connectivity index (χ1) is 6.54. The molecule has 0 bridgehead atoms. The van der Waals surface area contributed by atoms with Crippen molar-refractivity contribution in [3.63, 3.8) is 0 Å². The van der Waals surface area contributed by atoms with Gasteiger partial charge in [0.2, 0.25) is 0 Å². The van der Waals surface area contributed by atoms with E-state index in [1.54, 1.807) is 11.3 Å². The van der Waals surface area contributed by atoms with Gasteiger partial charge in [-0.2, -0.15) is 0 Å². The van der Waals surface area contributed by atoms with Gasteiger partial charge in [0.05, 0.1) is 11.9 Å². The SMILES string of the molecule is CC(C)C(=N)N(C)C(C)c1cccs1. The summed E-state index contributed by atoms with van der Waals surface area (Å²) in [7, 11) is 1.99. The molecule has 0 saturated heterocycles. The largest absolute Gasteiger partial charge is 0.356 e.